The SMILES string of the molecule is CCOC(=O)c1cccc(NC(=O)Nc2ccc(-c3noc(C4CCC4)n3)cc2)c1. The van der Waals surface area contributed by atoms with Gasteiger partial charge in [-0.3, -0.25) is 0 Å². The molecule has 0 aliphatic heterocycles. The molecule has 30 heavy (non-hydrogen) atoms. The molecule has 0 spiro atoms. The highest BCUT2D eigenvalue weighted by molar-refractivity contribution is 6.00. The van der Waals surface area contributed by atoms with Crippen LogP contribution >= 0.6 is 0 Å². The Morgan fingerprint density at radius 1 is 1.10 bits per heavy atom. The van der Waals surface area contributed by atoms with Crippen molar-refractivity contribution in [1.29, 1.82) is 0 Å². The molecule has 2 N–H and O–H groups in total. The maximum Gasteiger partial charge on any atom is 0.338 e. The number of rotatable bonds is 6. The Morgan fingerprint density at radius 2 is 1.87 bits per heavy atom. The van der Waals surface area contributed by atoms with Gasteiger partial charge in [-0.15, -0.1) is 0 Å². The summed E-state index contributed by atoms with van der Waals surface area (Å²) in [4.78, 5) is 28.6. The number of amides is 2. The average molecular weight is 406 g/mol. The van der Waals surface area contributed by atoms with Crippen molar-refractivity contribution in [2.45, 2.75) is 32.1 Å². The van der Waals surface area contributed by atoms with Gasteiger partial charge in [-0.1, -0.05) is 17.6 Å². The van der Waals surface area contributed by atoms with E-state index in [1.165, 1.54) is 6.42 Å². The summed E-state index contributed by atoms with van der Waals surface area (Å²) in [5.41, 5.74) is 2.29. The first kappa shape index (κ1) is 19.6. The lowest BCUT2D eigenvalue weighted by Crippen LogP contribution is -2.19. The van der Waals surface area contributed by atoms with E-state index in [-0.39, 0.29) is 0 Å². The number of urea groups is 1. The molecule has 0 saturated heterocycles. The molecule has 8 heteroatoms. The highest BCUT2D eigenvalue weighted by Crippen LogP contribution is 2.36. The minimum atomic E-state index is -0.431. The van der Waals surface area contributed by atoms with Gasteiger partial charge in [0, 0.05) is 22.9 Å². The third kappa shape index (κ3) is 4.48. The van der Waals surface area contributed by atoms with Crippen molar-refractivity contribution in [2.75, 3.05) is 17.2 Å². The number of carbonyl (C=O) groups is 2. The van der Waals surface area contributed by atoms with Crippen LogP contribution in [0, 0.1) is 0 Å². The molecule has 1 aromatic heterocycles. The second-order valence-electron chi connectivity index (χ2n) is 7.04. The van der Waals surface area contributed by atoms with Crippen LogP contribution in [0.4, 0.5) is 16.2 Å². The molecule has 3 aromatic rings. The van der Waals surface area contributed by atoms with Gasteiger partial charge in [0.05, 0.1) is 12.2 Å². The standard InChI is InChI=1S/C22H22N4O4/c1-2-29-21(27)16-7-4-8-18(13-16)24-22(28)23-17-11-9-14(10-12-17)19-25-20(30-26-19)15-5-3-6-15/h4,7-13,15H,2-3,5-6H2,1H3,(H2,23,24,28). The van der Waals surface area contributed by atoms with Crippen LogP contribution in [0.25, 0.3) is 11.4 Å². The van der Waals surface area contributed by atoms with Crippen molar-refractivity contribution in [3.63, 3.8) is 0 Å². The monoisotopic (exact) mass is 406 g/mol. The summed E-state index contributed by atoms with van der Waals surface area (Å²) in [6.45, 7) is 2.03. The van der Waals surface area contributed by atoms with Crippen LogP contribution < -0.4 is 10.6 Å². The van der Waals surface area contributed by atoms with Gasteiger partial charge in [0.2, 0.25) is 11.7 Å². The van der Waals surface area contributed by atoms with E-state index in [0.29, 0.717) is 41.2 Å². The van der Waals surface area contributed by atoms with Crippen LogP contribution in [0.15, 0.2) is 53.1 Å². The van der Waals surface area contributed by atoms with Gasteiger partial charge in [0.1, 0.15) is 0 Å². The number of nitrogens with zero attached hydrogens (tertiary/aromatic N) is 2. The number of nitrogens with one attached hydrogen (secondary N) is 2. The fourth-order valence-electron chi connectivity index (χ4n) is 3.11. The number of benzene rings is 2. The topological polar surface area (TPSA) is 106 Å². The molecule has 154 valence electrons. The first-order valence-corrected chi connectivity index (χ1v) is 9.91. The Balaban J connectivity index is 1.36. The number of anilines is 2. The lowest BCUT2D eigenvalue weighted by atomic mass is 9.85. The first-order chi connectivity index (χ1) is 14.6. The summed E-state index contributed by atoms with van der Waals surface area (Å²) in [7, 11) is 0. The Kier molecular flexibility index (Phi) is 5.74. The Labute approximate surface area is 173 Å². The Bertz CT molecular complexity index is 1040. The Morgan fingerprint density at radius 3 is 2.57 bits per heavy atom. The molecule has 0 bridgehead atoms. The van der Waals surface area contributed by atoms with E-state index in [1.807, 2.05) is 12.1 Å². The van der Waals surface area contributed by atoms with Gasteiger partial charge in [-0.05, 0) is 62.2 Å². The van der Waals surface area contributed by atoms with Crippen LogP contribution in [-0.4, -0.2) is 28.7 Å². The minimum absolute atomic E-state index is 0.290. The molecular formula is C22H22N4O4. The number of aromatic nitrogens is 2. The van der Waals surface area contributed by atoms with Crippen LogP contribution in [0.1, 0.15) is 48.4 Å². The minimum Gasteiger partial charge on any atom is -0.462 e. The maximum atomic E-state index is 12.3. The number of carbonyl (C=O) groups excluding carboxylic acids is 2. The second kappa shape index (κ2) is 8.77. The van der Waals surface area contributed by atoms with E-state index in [2.05, 4.69) is 20.8 Å². The van der Waals surface area contributed by atoms with Crippen molar-refractivity contribution in [3.8, 4) is 11.4 Å². The summed E-state index contributed by atoms with van der Waals surface area (Å²) in [5, 5.41) is 9.51. The highest BCUT2D eigenvalue weighted by Gasteiger charge is 2.25. The van der Waals surface area contributed by atoms with E-state index in [1.54, 1.807) is 43.3 Å². The molecule has 8 nitrogen and oxygen atoms in total. The third-order valence-electron chi connectivity index (χ3n) is 4.93. The molecule has 2 aromatic carbocycles. The molecule has 1 heterocycles. The zero-order valence-corrected chi connectivity index (χ0v) is 16.6. The number of esters is 1. The van der Waals surface area contributed by atoms with Crippen molar-refractivity contribution in [3.05, 3.63) is 60.0 Å². The zero-order valence-electron chi connectivity index (χ0n) is 16.6. The molecule has 1 fully saturated rings. The van der Waals surface area contributed by atoms with Gasteiger partial charge < -0.3 is 19.9 Å². The summed E-state index contributed by atoms with van der Waals surface area (Å²) < 4.78 is 10.3. The molecule has 1 aliphatic rings. The van der Waals surface area contributed by atoms with Gasteiger partial charge in [0.15, 0.2) is 0 Å². The van der Waals surface area contributed by atoms with Gasteiger partial charge in [-0.2, -0.15) is 4.98 Å². The molecule has 1 saturated carbocycles. The number of hydrogen-bond donors (Lipinski definition) is 2. The van der Waals surface area contributed by atoms with E-state index < -0.39 is 12.0 Å². The first-order valence-electron chi connectivity index (χ1n) is 9.91. The second-order valence-corrected chi connectivity index (χ2v) is 7.04. The molecule has 4 rings (SSSR count). The largest absolute Gasteiger partial charge is 0.462 e. The van der Waals surface area contributed by atoms with E-state index in [9.17, 15) is 9.59 Å². The molecule has 0 unspecified atom stereocenters. The number of hydrogen-bond acceptors (Lipinski definition) is 6. The normalized spacial score (nSPS) is 13.4. The predicted molar refractivity (Wildman–Crippen MR) is 111 cm³/mol. The zero-order chi connectivity index (χ0) is 20.9. The summed E-state index contributed by atoms with van der Waals surface area (Å²) in [6.07, 6.45) is 3.41. The van der Waals surface area contributed by atoms with Gasteiger partial charge >= 0.3 is 12.0 Å². The maximum absolute atomic E-state index is 12.3. The van der Waals surface area contributed by atoms with Crippen molar-refractivity contribution < 1.29 is 18.8 Å². The lowest BCUT2D eigenvalue weighted by Gasteiger charge is -2.20. The van der Waals surface area contributed by atoms with Crippen molar-refractivity contribution in [1.82, 2.24) is 10.1 Å². The molecular weight excluding hydrogens is 384 g/mol. The Hall–Kier alpha value is -3.68. The van der Waals surface area contributed by atoms with E-state index in [0.717, 1.165) is 18.4 Å². The van der Waals surface area contributed by atoms with Crippen LogP contribution in [0.2, 0.25) is 0 Å². The highest BCUT2D eigenvalue weighted by atomic mass is 16.5. The van der Waals surface area contributed by atoms with Crippen LogP contribution in [0.5, 0.6) is 0 Å². The summed E-state index contributed by atoms with van der Waals surface area (Å²) >= 11 is 0. The molecule has 0 atom stereocenters. The van der Waals surface area contributed by atoms with Gasteiger partial charge in [0.25, 0.3) is 0 Å². The molecule has 1 aliphatic carbocycles. The molecule has 2 amide bonds. The fourth-order valence-corrected chi connectivity index (χ4v) is 3.11. The van der Waals surface area contributed by atoms with Crippen LogP contribution in [-0.2, 0) is 4.74 Å². The van der Waals surface area contributed by atoms with Crippen molar-refractivity contribution in [2.24, 2.45) is 0 Å². The fraction of sp³-hybridized carbons (Fsp3) is 0.273. The average Bonchev–Trinajstić information content (AvgIpc) is 3.17. The predicted octanol–water partition coefficient (Wildman–Crippen LogP) is 4.82. The lowest BCUT2D eigenvalue weighted by molar-refractivity contribution is 0.0526. The summed E-state index contributed by atoms with van der Waals surface area (Å²) in [6, 6.07) is 13.3. The quantitative estimate of drug-likeness (QED) is 0.568. The van der Waals surface area contributed by atoms with Crippen LogP contribution in [0.3, 0.4) is 0 Å². The van der Waals surface area contributed by atoms with E-state index in [4.69, 9.17) is 9.26 Å². The summed E-state index contributed by atoms with van der Waals surface area (Å²) in [5.74, 6) is 1.20. The number of ether oxygens (including phenoxy) is 1. The molecule has 0 radical (unpaired) electrons. The van der Waals surface area contributed by atoms with Gasteiger partial charge in [-0.25, -0.2) is 9.59 Å². The third-order valence-corrected chi connectivity index (χ3v) is 4.93. The smallest absolute Gasteiger partial charge is 0.338 e. The van der Waals surface area contributed by atoms with E-state index >= 15 is 0 Å². The van der Waals surface area contributed by atoms with Crippen molar-refractivity contribution >= 4 is 23.4 Å².